The minimum Gasteiger partial charge on any atom is -0.352 e. The summed E-state index contributed by atoms with van der Waals surface area (Å²) in [5.74, 6) is 0.0225. The van der Waals surface area contributed by atoms with Gasteiger partial charge in [-0.05, 0) is 36.5 Å². The molecule has 0 aromatic heterocycles. The van der Waals surface area contributed by atoms with Gasteiger partial charge in [-0.1, -0.05) is 32.1 Å². The third-order valence-electron chi connectivity index (χ3n) is 3.86. The molecule has 0 bridgehead atoms. The van der Waals surface area contributed by atoms with Crippen LogP contribution in [0.15, 0.2) is 36.9 Å². The van der Waals surface area contributed by atoms with Gasteiger partial charge in [-0.15, -0.1) is 6.58 Å². The highest BCUT2D eigenvalue weighted by molar-refractivity contribution is 6.13. The van der Waals surface area contributed by atoms with E-state index in [0.29, 0.717) is 25.3 Å². The number of nitrogens with one attached hydrogen (secondary N) is 2. The maximum atomic E-state index is 12.3. The van der Waals surface area contributed by atoms with E-state index in [1.807, 2.05) is 24.3 Å². The van der Waals surface area contributed by atoms with Gasteiger partial charge in [-0.2, -0.15) is 0 Å². The van der Waals surface area contributed by atoms with Gasteiger partial charge in [0.25, 0.3) is 0 Å². The molecule has 2 amide bonds. The third-order valence-corrected chi connectivity index (χ3v) is 3.86. The number of carbonyl (C=O) groups excluding carboxylic acids is 2. The monoisotopic (exact) mass is 286 g/mol. The van der Waals surface area contributed by atoms with Crippen molar-refractivity contribution >= 4 is 17.5 Å². The number of hydrogen-bond acceptors (Lipinski definition) is 2. The molecule has 0 spiro atoms. The van der Waals surface area contributed by atoms with Crippen LogP contribution in [0.2, 0.25) is 0 Å². The lowest BCUT2D eigenvalue weighted by molar-refractivity contribution is -0.134. The fourth-order valence-electron chi connectivity index (χ4n) is 2.22. The standard InChI is InChI=1S/C17H22N2O2/c1-4-11-18-15(20)17(9-10-17)16(21)19-14-7-5-13(6-8-14)12(2)3/h4-8,12H,1,9-11H2,2-3H3,(H,18,20)(H,19,21). The largest absolute Gasteiger partial charge is 0.352 e. The smallest absolute Gasteiger partial charge is 0.240 e. The van der Waals surface area contributed by atoms with E-state index in [1.54, 1.807) is 6.08 Å². The summed E-state index contributed by atoms with van der Waals surface area (Å²) in [6.07, 6.45) is 2.81. The fraction of sp³-hybridized carbons (Fsp3) is 0.412. The normalized spacial score (nSPS) is 15.4. The van der Waals surface area contributed by atoms with E-state index in [0.717, 1.165) is 5.69 Å². The third kappa shape index (κ3) is 3.32. The molecule has 1 aliphatic rings. The molecule has 4 heteroatoms. The quantitative estimate of drug-likeness (QED) is 0.624. The first-order valence-corrected chi connectivity index (χ1v) is 7.30. The van der Waals surface area contributed by atoms with Crippen molar-refractivity contribution in [3.63, 3.8) is 0 Å². The lowest BCUT2D eigenvalue weighted by Gasteiger charge is -2.15. The van der Waals surface area contributed by atoms with Crippen molar-refractivity contribution in [3.8, 4) is 0 Å². The molecule has 112 valence electrons. The highest BCUT2D eigenvalue weighted by Gasteiger charge is 2.56. The van der Waals surface area contributed by atoms with E-state index in [4.69, 9.17) is 0 Å². The molecule has 1 fully saturated rings. The summed E-state index contributed by atoms with van der Waals surface area (Å²) in [5.41, 5.74) is 1.06. The maximum absolute atomic E-state index is 12.3. The van der Waals surface area contributed by atoms with Crippen molar-refractivity contribution in [1.82, 2.24) is 5.32 Å². The van der Waals surface area contributed by atoms with Gasteiger partial charge in [0.1, 0.15) is 5.41 Å². The fourth-order valence-corrected chi connectivity index (χ4v) is 2.22. The molecule has 2 rings (SSSR count). The van der Waals surface area contributed by atoms with Gasteiger partial charge in [0, 0.05) is 12.2 Å². The van der Waals surface area contributed by atoms with Crippen LogP contribution in [0.25, 0.3) is 0 Å². The second-order valence-electron chi connectivity index (χ2n) is 5.81. The summed E-state index contributed by atoms with van der Waals surface area (Å²) in [5, 5.41) is 5.55. The zero-order chi connectivity index (χ0) is 15.5. The Morgan fingerprint density at radius 3 is 2.33 bits per heavy atom. The van der Waals surface area contributed by atoms with E-state index < -0.39 is 5.41 Å². The Bertz CT molecular complexity index is 542. The van der Waals surface area contributed by atoms with Crippen molar-refractivity contribution in [3.05, 3.63) is 42.5 Å². The van der Waals surface area contributed by atoms with E-state index in [2.05, 4.69) is 31.1 Å². The zero-order valence-corrected chi connectivity index (χ0v) is 12.6. The van der Waals surface area contributed by atoms with E-state index in [-0.39, 0.29) is 11.8 Å². The highest BCUT2D eigenvalue weighted by atomic mass is 16.2. The lowest BCUT2D eigenvalue weighted by atomic mass is 10.0. The summed E-state index contributed by atoms with van der Waals surface area (Å²) in [6.45, 7) is 8.18. The number of anilines is 1. The van der Waals surface area contributed by atoms with Crippen LogP contribution < -0.4 is 10.6 Å². The number of amides is 2. The molecule has 1 aromatic rings. The Morgan fingerprint density at radius 1 is 1.24 bits per heavy atom. The second-order valence-corrected chi connectivity index (χ2v) is 5.81. The van der Waals surface area contributed by atoms with Gasteiger partial charge in [0.2, 0.25) is 11.8 Å². The average molecular weight is 286 g/mol. The van der Waals surface area contributed by atoms with E-state index in [9.17, 15) is 9.59 Å². The Kier molecular flexibility index (Phi) is 4.46. The van der Waals surface area contributed by atoms with Crippen LogP contribution in [0.4, 0.5) is 5.69 Å². The molecule has 0 unspecified atom stereocenters. The molecule has 4 nitrogen and oxygen atoms in total. The van der Waals surface area contributed by atoms with Crippen molar-refractivity contribution in [1.29, 1.82) is 0 Å². The van der Waals surface area contributed by atoms with Gasteiger partial charge < -0.3 is 10.6 Å². The first-order valence-electron chi connectivity index (χ1n) is 7.30. The average Bonchev–Trinajstić information content (AvgIpc) is 3.27. The summed E-state index contributed by atoms with van der Waals surface area (Å²) in [7, 11) is 0. The van der Waals surface area contributed by atoms with E-state index in [1.165, 1.54) is 5.56 Å². The molecule has 1 saturated carbocycles. The second kappa shape index (κ2) is 6.12. The molecule has 2 N–H and O–H groups in total. The van der Waals surface area contributed by atoms with Crippen LogP contribution in [0, 0.1) is 5.41 Å². The van der Waals surface area contributed by atoms with Crippen LogP contribution in [-0.4, -0.2) is 18.4 Å². The lowest BCUT2D eigenvalue weighted by Crippen LogP contribution is -2.40. The molecule has 21 heavy (non-hydrogen) atoms. The van der Waals surface area contributed by atoms with Crippen molar-refractivity contribution in [2.24, 2.45) is 5.41 Å². The molecule has 0 atom stereocenters. The van der Waals surface area contributed by atoms with Crippen molar-refractivity contribution in [2.45, 2.75) is 32.6 Å². The molecule has 1 aromatic carbocycles. The molecule has 0 radical (unpaired) electrons. The summed E-state index contributed by atoms with van der Waals surface area (Å²) >= 11 is 0. The number of carbonyl (C=O) groups is 2. The van der Waals surface area contributed by atoms with Crippen LogP contribution >= 0.6 is 0 Å². The minimum atomic E-state index is -0.889. The molecular weight excluding hydrogens is 264 g/mol. The predicted molar refractivity (Wildman–Crippen MR) is 84.0 cm³/mol. The van der Waals surface area contributed by atoms with Crippen LogP contribution in [0.1, 0.15) is 38.2 Å². The Hall–Kier alpha value is -2.10. The maximum Gasteiger partial charge on any atom is 0.240 e. The molecule has 0 saturated heterocycles. The van der Waals surface area contributed by atoms with Gasteiger partial charge in [0.15, 0.2) is 0 Å². The topological polar surface area (TPSA) is 58.2 Å². The van der Waals surface area contributed by atoms with E-state index >= 15 is 0 Å². The Morgan fingerprint density at radius 2 is 1.86 bits per heavy atom. The Labute approximate surface area is 125 Å². The predicted octanol–water partition coefficient (Wildman–Crippen LogP) is 2.83. The van der Waals surface area contributed by atoms with Crippen molar-refractivity contribution in [2.75, 3.05) is 11.9 Å². The minimum absolute atomic E-state index is 0.210. The summed E-state index contributed by atoms with van der Waals surface area (Å²) in [4.78, 5) is 24.4. The molecule has 0 heterocycles. The Balaban J connectivity index is 2.01. The van der Waals surface area contributed by atoms with Crippen LogP contribution in [0.5, 0.6) is 0 Å². The van der Waals surface area contributed by atoms with Gasteiger partial charge in [0.05, 0.1) is 0 Å². The number of hydrogen-bond donors (Lipinski definition) is 2. The van der Waals surface area contributed by atoms with Gasteiger partial charge in [-0.25, -0.2) is 0 Å². The SMILES string of the molecule is C=CCNC(=O)C1(C(=O)Nc2ccc(C(C)C)cc2)CC1. The van der Waals surface area contributed by atoms with Crippen LogP contribution in [-0.2, 0) is 9.59 Å². The molecule has 1 aliphatic carbocycles. The van der Waals surface area contributed by atoms with Gasteiger partial charge in [-0.3, -0.25) is 9.59 Å². The molecular formula is C17H22N2O2. The highest BCUT2D eigenvalue weighted by Crippen LogP contribution is 2.46. The summed E-state index contributed by atoms with van der Waals surface area (Å²) in [6, 6.07) is 7.76. The first-order chi connectivity index (χ1) is 9.99. The summed E-state index contributed by atoms with van der Waals surface area (Å²) < 4.78 is 0. The first kappa shape index (κ1) is 15.3. The van der Waals surface area contributed by atoms with Gasteiger partial charge >= 0.3 is 0 Å². The van der Waals surface area contributed by atoms with Crippen molar-refractivity contribution < 1.29 is 9.59 Å². The van der Waals surface area contributed by atoms with Crippen LogP contribution in [0.3, 0.4) is 0 Å². The zero-order valence-electron chi connectivity index (χ0n) is 12.6. The number of benzene rings is 1. The molecule has 0 aliphatic heterocycles. The number of rotatable bonds is 6.